The second-order valence-electron chi connectivity index (χ2n) is 12.3. The lowest BCUT2D eigenvalue weighted by molar-refractivity contribution is -0.441. The maximum absolute atomic E-state index is 14.4. The van der Waals surface area contributed by atoms with Crippen LogP contribution in [-0.2, 0) is 0 Å². The van der Waals surface area contributed by atoms with Gasteiger partial charge in [0.15, 0.2) is 17.3 Å². The van der Waals surface area contributed by atoms with Gasteiger partial charge >= 0.3 is 35.8 Å². The third kappa shape index (κ3) is 7.64. The summed E-state index contributed by atoms with van der Waals surface area (Å²) in [6.45, 7) is 0.591. The molecule has 5 rings (SSSR count). The fraction of sp³-hybridized carbons (Fsp3) is 0.515. The van der Waals surface area contributed by atoms with Crippen molar-refractivity contribution in [3.8, 4) is 39.8 Å². The van der Waals surface area contributed by atoms with E-state index in [0.717, 1.165) is 36.5 Å². The van der Waals surface area contributed by atoms with Gasteiger partial charge < -0.3 is 14.2 Å². The third-order valence-corrected chi connectivity index (χ3v) is 8.45. The van der Waals surface area contributed by atoms with Gasteiger partial charge in [0.2, 0.25) is 6.29 Å². The van der Waals surface area contributed by atoms with Gasteiger partial charge in [-0.2, -0.15) is 57.1 Å². The minimum atomic E-state index is -7.98. The Hall–Kier alpha value is -3.99. The Morgan fingerprint density at radius 2 is 1.18 bits per heavy atom. The van der Waals surface area contributed by atoms with E-state index in [1.807, 2.05) is 0 Å². The summed E-state index contributed by atoms with van der Waals surface area (Å²) in [5.74, 6) is -36.6. The lowest BCUT2D eigenvalue weighted by atomic mass is 9.92. The van der Waals surface area contributed by atoms with Crippen molar-refractivity contribution in [3.63, 3.8) is 0 Å². The van der Waals surface area contributed by atoms with Gasteiger partial charge in [0.1, 0.15) is 5.75 Å². The van der Waals surface area contributed by atoms with Gasteiger partial charge in [-0.15, -0.1) is 0 Å². The molecule has 0 amide bonds. The van der Waals surface area contributed by atoms with Crippen LogP contribution >= 0.6 is 0 Å². The molecule has 18 heteroatoms. The van der Waals surface area contributed by atoms with Crippen LogP contribution in [-0.4, -0.2) is 58.7 Å². The molecule has 280 valence electrons. The molecule has 51 heavy (non-hydrogen) atoms. The van der Waals surface area contributed by atoms with E-state index in [1.54, 1.807) is 24.3 Å². The number of nitrogens with zero attached hydrogens (tertiary/aromatic N) is 2. The average Bonchev–Trinajstić information content (AvgIpc) is 3.80. The lowest BCUT2D eigenvalue weighted by Gasteiger charge is -2.39. The summed E-state index contributed by atoms with van der Waals surface area (Å²) < 4.78 is 191. The first-order valence-corrected chi connectivity index (χ1v) is 15.7. The van der Waals surface area contributed by atoms with Crippen molar-refractivity contribution < 1.29 is 71.3 Å². The molecule has 1 aliphatic carbocycles. The Labute approximate surface area is 282 Å². The zero-order chi connectivity index (χ0) is 37.5. The van der Waals surface area contributed by atoms with E-state index in [-0.39, 0.29) is 11.4 Å². The van der Waals surface area contributed by atoms with Crippen LogP contribution in [0.5, 0.6) is 17.2 Å². The molecule has 2 aliphatic rings. The minimum absolute atomic E-state index is 0.0509. The molecule has 0 bridgehead atoms. The van der Waals surface area contributed by atoms with Crippen molar-refractivity contribution in [2.45, 2.75) is 93.4 Å². The molecule has 1 aromatic heterocycles. The zero-order valence-electron chi connectivity index (χ0n) is 26.2. The molecule has 1 aliphatic heterocycles. The number of rotatable bonds is 16. The van der Waals surface area contributed by atoms with Crippen LogP contribution in [0, 0.1) is 5.92 Å². The number of hydrogen-bond acceptors (Lipinski definition) is 5. The van der Waals surface area contributed by atoms with Gasteiger partial charge in [-0.1, -0.05) is 50.7 Å². The van der Waals surface area contributed by atoms with Crippen LogP contribution in [0.15, 0.2) is 54.9 Å². The first-order valence-electron chi connectivity index (χ1n) is 15.7. The smallest absolute Gasteiger partial charge is 0.460 e. The number of hydrogen-bond donors (Lipinski definition) is 0. The molecule has 0 saturated heterocycles. The van der Waals surface area contributed by atoms with Crippen LogP contribution in [0.3, 0.4) is 0 Å². The van der Waals surface area contributed by atoms with E-state index in [4.69, 9.17) is 14.2 Å². The SMILES string of the molecule is FC(F)(F)C(F)(F)C(F)(F)C(F)(F)C(F)(F)C(F)(F)CC1Oc2ccc(-c3ncc(-c4ccc(OCCCCCCC5CC5)cc4)cn3)cc2O1. The van der Waals surface area contributed by atoms with Gasteiger partial charge in [-0.25, -0.2) is 9.97 Å². The Morgan fingerprint density at radius 3 is 1.78 bits per heavy atom. The molecule has 0 spiro atoms. The number of benzene rings is 2. The first kappa shape index (κ1) is 38.2. The number of fused-ring (bicyclic) bond motifs is 1. The Bertz CT molecular complexity index is 1650. The highest BCUT2D eigenvalue weighted by molar-refractivity contribution is 5.66. The van der Waals surface area contributed by atoms with Crippen molar-refractivity contribution in [3.05, 3.63) is 54.9 Å². The van der Waals surface area contributed by atoms with Crippen molar-refractivity contribution in [1.82, 2.24) is 9.97 Å². The van der Waals surface area contributed by atoms with Crippen molar-refractivity contribution in [1.29, 1.82) is 0 Å². The van der Waals surface area contributed by atoms with Crippen LogP contribution in [0.25, 0.3) is 22.5 Å². The summed E-state index contributed by atoms with van der Waals surface area (Å²) in [6, 6.07) is 10.6. The fourth-order valence-corrected chi connectivity index (χ4v) is 5.22. The molecule has 1 saturated carbocycles. The number of alkyl halides is 13. The molecule has 1 fully saturated rings. The molecule has 0 N–H and O–H groups in total. The van der Waals surface area contributed by atoms with Crippen molar-refractivity contribution in [2.24, 2.45) is 5.92 Å². The van der Waals surface area contributed by atoms with Gasteiger partial charge in [-0.05, 0) is 48.2 Å². The number of ether oxygens (including phenoxy) is 3. The van der Waals surface area contributed by atoms with E-state index >= 15 is 0 Å². The molecule has 3 aromatic rings. The second kappa shape index (κ2) is 13.9. The number of halogens is 13. The predicted molar refractivity (Wildman–Crippen MR) is 155 cm³/mol. The van der Waals surface area contributed by atoms with Crippen LogP contribution < -0.4 is 14.2 Å². The average molecular weight is 749 g/mol. The number of unbranched alkanes of at least 4 members (excludes halogenated alkanes) is 3. The third-order valence-electron chi connectivity index (χ3n) is 8.45. The van der Waals surface area contributed by atoms with Crippen LogP contribution in [0.4, 0.5) is 57.1 Å². The van der Waals surface area contributed by atoms with Gasteiger partial charge in [0, 0.05) is 23.5 Å². The van der Waals surface area contributed by atoms with E-state index in [1.165, 1.54) is 50.6 Å². The van der Waals surface area contributed by atoms with Gasteiger partial charge in [-0.3, -0.25) is 0 Å². The van der Waals surface area contributed by atoms with E-state index < -0.39 is 60.0 Å². The summed E-state index contributed by atoms with van der Waals surface area (Å²) in [5, 5.41) is 0. The second-order valence-corrected chi connectivity index (χ2v) is 12.3. The first-order chi connectivity index (χ1) is 23.7. The molecular formula is C33H29F13N2O3. The Morgan fingerprint density at radius 1 is 0.608 bits per heavy atom. The molecule has 5 nitrogen and oxygen atoms in total. The maximum atomic E-state index is 14.4. The Kier molecular flexibility index (Phi) is 10.4. The van der Waals surface area contributed by atoms with Crippen molar-refractivity contribution in [2.75, 3.05) is 6.61 Å². The Balaban J connectivity index is 1.18. The summed E-state index contributed by atoms with van der Waals surface area (Å²) >= 11 is 0. The summed E-state index contributed by atoms with van der Waals surface area (Å²) in [6.07, 6.45) is -1.30. The zero-order valence-corrected chi connectivity index (χ0v) is 26.2. The fourth-order valence-electron chi connectivity index (χ4n) is 5.22. The van der Waals surface area contributed by atoms with Crippen LogP contribution in [0.1, 0.15) is 51.4 Å². The van der Waals surface area contributed by atoms with Gasteiger partial charge in [0.05, 0.1) is 13.0 Å². The predicted octanol–water partition coefficient (Wildman–Crippen LogP) is 10.8. The quantitative estimate of drug-likeness (QED) is 0.108. The minimum Gasteiger partial charge on any atom is -0.494 e. The molecule has 2 aromatic carbocycles. The maximum Gasteiger partial charge on any atom is 0.460 e. The summed E-state index contributed by atoms with van der Waals surface area (Å²) in [5.41, 5.74) is 1.50. The normalized spacial score (nSPS) is 17.2. The van der Waals surface area contributed by atoms with E-state index in [2.05, 4.69) is 9.97 Å². The highest BCUT2D eigenvalue weighted by Gasteiger charge is 2.90. The molecule has 2 heterocycles. The highest BCUT2D eigenvalue weighted by Crippen LogP contribution is 2.61. The lowest BCUT2D eigenvalue weighted by Crippen LogP contribution is -2.70. The molecular weight excluding hydrogens is 719 g/mol. The monoisotopic (exact) mass is 748 g/mol. The van der Waals surface area contributed by atoms with Gasteiger partial charge in [0.25, 0.3) is 0 Å². The van der Waals surface area contributed by atoms with E-state index in [9.17, 15) is 57.1 Å². The van der Waals surface area contributed by atoms with E-state index in [0.29, 0.717) is 17.9 Å². The largest absolute Gasteiger partial charge is 0.494 e. The van der Waals surface area contributed by atoms with Crippen LogP contribution in [0.2, 0.25) is 0 Å². The molecule has 1 atom stereocenters. The number of aromatic nitrogens is 2. The highest BCUT2D eigenvalue weighted by atomic mass is 19.4. The summed E-state index contributed by atoms with van der Waals surface area (Å²) in [4.78, 5) is 8.43. The summed E-state index contributed by atoms with van der Waals surface area (Å²) in [7, 11) is 0. The topological polar surface area (TPSA) is 53.5 Å². The molecule has 1 unspecified atom stereocenters. The standard InChI is InChI=1S/C33H29F13N2O3/c34-28(35,29(36,37)30(38,39)31(40,41)32(42,43)33(44,45)46)16-26-50-24-13-10-21(15-25(24)51-26)27-47-17-22(18-48-27)20-8-11-23(12-9-20)49-14-4-2-1-3-5-19-6-7-19/h8-13,15,17-19,26H,1-7,14,16H2. The van der Waals surface area contributed by atoms with Crippen molar-refractivity contribution >= 4 is 0 Å². The molecule has 0 radical (unpaired) electrons.